The van der Waals surface area contributed by atoms with Crippen LogP contribution in [-0.4, -0.2) is 26.7 Å². The predicted octanol–water partition coefficient (Wildman–Crippen LogP) is 3.38. The van der Waals surface area contributed by atoms with Crippen molar-refractivity contribution in [1.29, 1.82) is 0 Å². The van der Waals surface area contributed by atoms with Gasteiger partial charge in [0.05, 0.1) is 14.2 Å². The smallest absolute Gasteiger partial charge is 0.223 e. The molecule has 2 rings (SSSR count). The molecule has 0 saturated carbocycles. The molecule has 1 amide bonds. The highest BCUT2D eigenvalue weighted by molar-refractivity contribution is 5.78. The second-order valence-electron chi connectivity index (χ2n) is 5.93. The first-order valence-corrected chi connectivity index (χ1v) is 8.27. The Kier molecular flexibility index (Phi) is 6.81. The molecule has 4 nitrogen and oxygen atoms in total. The van der Waals surface area contributed by atoms with Crippen molar-refractivity contribution in [2.24, 2.45) is 5.92 Å². The highest BCUT2D eigenvalue weighted by atomic mass is 19.1. The summed E-state index contributed by atoms with van der Waals surface area (Å²) in [6.45, 7) is 2.31. The van der Waals surface area contributed by atoms with Crippen molar-refractivity contribution in [3.05, 3.63) is 59.4 Å². The number of hydrogen-bond acceptors (Lipinski definition) is 3. The molecular weight excluding hydrogens is 321 g/mol. The fraction of sp³-hybridized carbons (Fsp3) is 0.350. The van der Waals surface area contributed by atoms with Crippen molar-refractivity contribution >= 4 is 5.91 Å². The lowest BCUT2D eigenvalue weighted by Crippen LogP contribution is -2.32. The maximum atomic E-state index is 13.7. The topological polar surface area (TPSA) is 47.6 Å². The van der Waals surface area contributed by atoms with Gasteiger partial charge in [-0.05, 0) is 42.2 Å². The average molecular weight is 345 g/mol. The Labute approximate surface area is 148 Å². The van der Waals surface area contributed by atoms with Crippen LogP contribution < -0.4 is 14.8 Å². The van der Waals surface area contributed by atoms with E-state index in [4.69, 9.17) is 9.47 Å². The van der Waals surface area contributed by atoms with Gasteiger partial charge in [0, 0.05) is 12.5 Å². The molecule has 0 saturated heterocycles. The number of ether oxygens (including phenoxy) is 2. The lowest BCUT2D eigenvalue weighted by atomic mass is 10.00. The molecule has 2 aromatic carbocycles. The van der Waals surface area contributed by atoms with E-state index < -0.39 is 0 Å². The minimum atomic E-state index is -0.290. The first-order chi connectivity index (χ1) is 12.0. The van der Waals surface area contributed by atoms with Crippen LogP contribution in [0.25, 0.3) is 0 Å². The van der Waals surface area contributed by atoms with Gasteiger partial charge in [-0.25, -0.2) is 4.39 Å². The number of amides is 1. The number of methoxy groups -OCH3 is 2. The van der Waals surface area contributed by atoms with Crippen molar-refractivity contribution in [1.82, 2.24) is 5.32 Å². The molecule has 0 aromatic heterocycles. The standard InChI is InChI=1S/C20H24FNO3/c1-14(12-16-6-4-5-7-17(16)21)20(23)22-11-10-15-8-9-18(24-2)19(13-15)25-3/h4-9,13-14H,10-12H2,1-3H3,(H,22,23). The van der Waals surface area contributed by atoms with Gasteiger partial charge >= 0.3 is 0 Å². The quantitative estimate of drug-likeness (QED) is 0.798. The first-order valence-electron chi connectivity index (χ1n) is 8.27. The predicted molar refractivity (Wildman–Crippen MR) is 95.5 cm³/mol. The van der Waals surface area contributed by atoms with Gasteiger partial charge in [0.25, 0.3) is 0 Å². The fourth-order valence-corrected chi connectivity index (χ4v) is 2.63. The summed E-state index contributed by atoms with van der Waals surface area (Å²) in [5.41, 5.74) is 1.60. The molecule has 0 heterocycles. The third kappa shape index (κ3) is 5.21. The Hall–Kier alpha value is -2.56. The van der Waals surface area contributed by atoms with Gasteiger partial charge in [-0.2, -0.15) is 0 Å². The van der Waals surface area contributed by atoms with E-state index in [9.17, 15) is 9.18 Å². The Morgan fingerprint density at radius 2 is 1.84 bits per heavy atom. The van der Waals surface area contributed by atoms with E-state index >= 15 is 0 Å². The largest absolute Gasteiger partial charge is 0.493 e. The molecule has 0 aliphatic heterocycles. The highest BCUT2D eigenvalue weighted by Gasteiger charge is 2.15. The van der Waals surface area contributed by atoms with Crippen molar-refractivity contribution in [3.8, 4) is 11.5 Å². The third-order valence-electron chi connectivity index (χ3n) is 4.09. The van der Waals surface area contributed by atoms with Crippen LogP contribution in [0, 0.1) is 11.7 Å². The van der Waals surface area contributed by atoms with Crippen LogP contribution in [0.4, 0.5) is 4.39 Å². The number of halogens is 1. The Bertz CT molecular complexity index is 718. The number of carbonyl (C=O) groups is 1. The summed E-state index contributed by atoms with van der Waals surface area (Å²) in [5.74, 6) is 0.701. The average Bonchev–Trinajstić information content (AvgIpc) is 2.63. The molecule has 1 unspecified atom stereocenters. The van der Waals surface area contributed by atoms with Crippen LogP contribution >= 0.6 is 0 Å². The van der Waals surface area contributed by atoms with Crippen LogP contribution in [0.5, 0.6) is 11.5 Å². The van der Waals surface area contributed by atoms with Crippen molar-refractivity contribution < 1.29 is 18.7 Å². The minimum absolute atomic E-state index is 0.0799. The SMILES string of the molecule is COc1ccc(CCNC(=O)C(C)Cc2ccccc2F)cc1OC. The zero-order valence-corrected chi connectivity index (χ0v) is 14.8. The molecule has 0 bridgehead atoms. The fourth-order valence-electron chi connectivity index (χ4n) is 2.63. The number of nitrogens with one attached hydrogen (secondary N) is 1. The molecular formula is C20H24FNO3. The van der Waals surface area contributed by atoms with E-state index in [1.807, 2.05) is 18.2 Å². The molecule has 1 N–H and O–H groups in total. The summed E-state index contributed by atoms with van der Waals surface area (Å²) in [5, 5.41) is 2.90. The zero-order valence-electron chi connectivity index (χ0n) is 14.8. The number of hydrogen-bond donors (Lipinski definition) is 1. The molecule has 0 radical (unpaired) electrons. The van der Waals surface area contributed by atoms with Crippen molar-refractivity contribution in [3.63, 3.8) is 0 Å². The number of rotatable bonds is 8. The molecule has 0 fully saturated rings. The summed E-state index contributed by atoms with van der Waals surface area (Å²) < 4.78 is 24.1. The summed E-state index contributed by atoms with van der Waals surface area (Å²) in [6.07, 6.45) is 1.06. The third-order valence-corrected chi connectivity index (χ3v) is 4.09. The van der Waals surface area contributed by atoms with E-state index in [-0.39, 0.29) is 17.6 Å². The van der Waals surface area contributed by atoms with E-state index in [1.165, 1.54) is 6.07 Å². The molecule has 2 aromatic rings. The van der Waals surface area contributed by atoms with E-state index in [0.717, 1.165) is 5.56 Å². The Morgan fingerprint density at radius 1 is 1.12 bits per heavy atom. The van der Waals surface area contributed by atoms with Crippen LogP contribution in [-0.2, 0) is 17.6 Å². The molecule has 0 spiro atoms. The van der Waals surface area contributed by atoms with E-state index in [2.05, 4.69) is 5.32 Å². The van der Waals surface area contributed by atoms with Gasteiger partial charge in [-0.15, -0.1) is 0 Å². The summed E-state index contributed by atoms with van der Waals surface area (Å²) in [4.78, 5) is 12.2. The monoisotopic (exact) mass is 345 g/mol. The van der Waals surface area contributed by atoms with Crippen LogP contribution in [0.3, 0.4) is 0 Å². The number of benzene rings is 2. The van der Waals surface area contributed by atoms with Crippen LogP contribution in [0.2, 0.25) is 0 Å². The van der Waals surface area contributed by atoms with Crippen molar-refractivity contribution in [2.45, 2.75) is 19.8 Å². The first kappa shape index (κ1) is 18.8. The molecule has 5 heteroatoms. The lowest BCUT2D eigenvalue weighted by Gasteiger charge is -2.13. The highest BCUT2D eigenvalue weighted by Crippen LogP contribution is 2.27. The summed E-state index contributed by atoms with van der Waals surface area (Å²) in [6, 6.07) is 12.2. The van der Waals surface area contributed by atoms with Crippen molar-refractivity contribution in [2.75, 3.05) is 20.8 Å². The Balaban J connectivity index is 1.84. The lowest BCUT2D eigenvalue weighted by molar-refractivity contribution is -0.124. The second kappa shape index (κ2) is 9.06. The second-order valence-corrected chi connectivity index (χ2v) is 5.93. The summed E-state index contributed by atoms with van der Waals surface area (Å²) >= 11 is 0. The minimum Gasteiger partial charge on any atom is -0.493 e. The maximum Gasteiger partial charge on any atom is 0.223 e. The van der Waals surface area contributed by atoms with Gasteiger partial charge in [0.1, 0.15) is 5.82 Å². The molecule has 0 aliphatic rings. The van der Waals surface area contributed by atoms with Gasteiger partial charge in [-0.3, -0.25) is 4.79 Å². The zero-order chi connectivity index (χ0) is 18.2. The van der Waals surface area contributed by atoms with Gasteiger partial charge in [-0.1, -0.05) is 31.2 Å². The molecule has 134 valence electrons. The molecule has 0 aliphatic carbocycles. The maximum absolute atomic E-state index is 13.7. The van der Waals surface area contributed by atoms with E-state index in [0.29, 0.717) is 36.4 Å². The summed E-state index contributed by atoms with van der Waals surface area (Å²) in [7, 11) is 3.18. The normalized spacial score (nSPS) is 11.7. The molecule has 1 atom stereocenters. The van der Waals surface area contributed by atoms with Crippen LogP contribution in [0.15, 0.2) is 42.5 Å². The van der Waals surface area contributed by atoms with E-state index in [1.54, 1.807) is 39.3 Å². The van der Waals surface area contributed by atoms with Gasteiger partial charge < -0.3 is 14.8 Å². The van der Waals surface area contributed by atoms with Crippen LogP contribution in [0.1, 0.15) is 18.1 Å². The van der Waals surface area contributed by atoms with Gasteiger partial charge in [0.15, 0.2) is 11.5 Å². The molecule has 25 heavy (non-hydrogen) atoms. The van der Waals surface area contributed by atoms with Gasteiger partial charge in [0.2, 0.25) is 5.91 Å². The number of carbonyl (C=O) groups excluding carboxylic acids is 1. The Morgan fingerprint density at radius 3 is 2.52 bits per heavy atom.